The van der Waals surface area contributed by atoms with Crippen LogP contribution in [-0.2, 0) is 17.6 Å². The standard InChI is InChI=1S/C23H29N3O2/c1-2-3-10-18-15-26(21-13-6-9-17-8-4-5-11-19(17)21)22(27)16-25(18)23(28)20-12-7-14-24-20/h6-7,9,12-14,18,24H,2-5,8,10-11,15-16H2,1H3. The number of H-pyrrole nitrogens is 1. The van der Waals surface area contributed by atoms with Crippen LogP contribution in [0.25, 0.3) is 0 Å². The van der Waals surface area contributed by atoms with E-state index in [2.05, 4.69) is 30.1 Å². The first-order valence-electron chi connectivity index (χ1n) is 10.5. The van der Waals surface area contributed by atoms with Crippen molar-refractivity contribution in [1.82, 2.24) is 9.88 Å². The van der Waals surface area contributed by atoms with Crippen molar-refractivity contribution in [1.29, 1.82) is 0 Å². The van der Waals surface area contributed by atoms with Gasteiger partial charge in [-0.25, -0.2) is 0 Å². The fraction of sp³-hybridized carbons (Fsp3) is 0.478. The average molecular weight is 380 g/mol. The van der Waals surface area contributed by atoms with Gasteiger partial charge in [-0.1, -0.05) is 31.9 Å². The number of hydrogen-bond donors (Lipinski definition) is 1. The van der Waals surface area contributed by atoms with Crippen LogP contribution in [0.1, 0.15) is 60.6 Å². The van der Waals surface area contributed by atoms with E-state index in [0.717, 1.165) is 37.8 Å². The Labute approximate surface area is 166 Å². The summed E-state index contributed by atoms with van der Waals surface area (Å²) in [5.74, 6) is -0.0548. The van der Waals surface area contributed by atoms with E-state index in [1.807, 2.05) is 11.0 Å². The van der Waals surface area contributed by atoms with Crippen molar-refractivity contribution in [2.45, 2.75) is 57.9 Å². The number of nitrogens with one attached hydrogen (secondary N) is 1. The first-order valence-corrected chi connectivity index (χ1v) is 10.5. The van der Waals surface area contributed by atoms with Gasteiger partial charge in [0.1, 0.15) is 12.2 Å². The molecule has 1 atom stereocenters. The molecule has 5 heteroatoms. The molecule has 1 aliphatic carbocycles. The highest BCUT2D eigenvalue weighted by atomic mass is 16.2. The largest absolute Gasteiger partial charge is 0.357 e. The number of piperazine rings is 1. The minimum absolute atomic E-state index is 0.0200. The molecule has 5 nitrogen and oxygen atoms in total. The van der Waals surface area contributed by atoms with Crippen molar-refractivity contribution < 1.29 is 9.59 Å². The number of hydrogen-bond acceptors (Lipinski definition) is 2. The van der Waals surface area contributed by atoms with Crippen molar-refractivity contribution in [2.75, 3.05) is 18.0 Å². The normalized spacial score (nSPS) is 19.6. The number of carbonyl (C=O) groups excluding carboxylic acids is 2. The van der Waals surface area contributed by atoms with E-state index < -0.39 is 0 Å². The molecule has 4 rings (SSSR count). The Morgan fingerprint density at radius 3 is 2.82 bits per heavy atom. The molecule has 2 heterocycles. The minimum atomic E-state index is -0.0748. The maximum atomic E-state index is 13.1. The zero-order valence-electron chi connectivity index (χ0n) is 16.6. The van der Waals surface area contributed by atoms with E-state index in [1.54, 1.807) is 17.2 Å². The van der Waals surface area contributed by atoms with Gasteiger partial charge in [-0.15, -0.1) is 0 Å². The summed E-state index contributed by atoms with van der Waals surface area (Å²) in [5.41, 5.74) is 4.34. The predicted molar refractivity (Wildman–Crippen MR) is 111 cm³/mol. The summed E-state index contributed by atoms with van der Waals surface area (Å²) in [4.78, 5) is 32.8. The Bertz CT molecular complexity index is 844. The van der Waals surface area contributed by atoms with Gasteiger partial charge in [0.25, 0.3) is 5.91 Å². The topological polar surface area (TPSA) is 56.4 Å². The van der Waals surface area contributed by atoms with Gasteiger partial charge in [0.2, 0.25) is 5.91 Å². The second-order valence-electron chi connectivity index (χ2n) is 7.94. The minimum Gasteiger partial charge on any atom is -0.357 e. The monoisotopic (exact) mass is 379 g/mol. The van der Waals surface area contributed by atoms with Gasteiger partial charge in [-0.05, 0) is 61.4 Å². The number of benzene rings is 1. The smallest absolute Gasteiger partial charge is 0.271 e. The molecular formula is C23H29N3O2. The van der Waals surface area contributed by atoms with Crippen LogP contribution in [0.5, 0.6) is 0 Å². The van der Waals surface area contributed by atoms with E-state index in [9.17, 15) is 9.59 Å². The Hall–Kier alpha value is -2.56. The molecular weight excluding hydrogens is 350 g/mol. The average Bonchev–Trinajstić information content (AvgIpc) is 3.27. The Morgan fingerprint density at radius 1 is 1.18 bits per heavy atom. The van der Waals surface area contributed by atoms with Crippen molar-refractivity contribution in [3.63, 3.8) is 0 Å². The highest BCUT2D eigenvalue weighted by Crippen LogP contribution is 2.33. The van der Waals surface area contributed by atoms with Crippen LogP contribution in [0.4, 0.5) is 5.69 Å². The molecule has 1 unspecified atom stereocenters. The van der Waals surface area contributed by atoms with Crippen LogP contribution >= 0.6 is 0 Å². The molecule has 1 fully saturated rings. The van der Waals surface area contributed by atoms with Crippen LogP contribution in [0.3, 0.4) is 0 Å². The summed E-state index contributed by atoms with van der Waals surface area (Å²) in [6, 6.07) is 10.0. The molecule has 28 heavy (non-hydrogen) atoms. The van der Waals surface area contributed by atoms with E-state index >= 15 is 0 Å². The first kappa shape index (κ1) is 18.8. The molecule has 1 aromatic carbocycles. The number of unbranched alkanes of at least 4 members (excludes halogenated alkanes) is 1. The van der Waals surface area contributed by atoms with E-state index in [1.165, 1.54) is 24.0 Å². The third-order valence-electron chi connectivity index (χ3n) is 6.08. The molecule has 2 aliphatic rings. The van der Waals surface area contributed by atoms with E-state index in [0.29, 0.717) is 12.2 Å². The fourth-order valence-electron chi connectivity index (χ4n) is 4.56. The van der Waals surface area contributed by atoms with E-state index in [-0.39, 0.29) is 24.4 Å². The molecule has 0 spiro atoms. The summed E-state index contributed by atoms with van der Waals surface area (Å²) in [7, 11) is 0. The van der Waals surface area contributed by atoms with Crippen molar-refractivity contribution in [2.24, 2.45) is 0 Å². The third-order valence-corrected chi connectivity index (χ3v) is 6.08. The molecule has 1 N–H and O–H groups in total. The molecule has 0 bridgehead atoms. The Kier molecular flexibility index (Phi) is 5.51. The summed E-state index contributed by atoms with van der Waals surface area (Å²) < 4.78 is 0. The molecule has 0 radical (unpaired) electrons. The lowest BCUT2D eigenvalue weighted by Gasteiger charge is -2.42. The molecule has 1 saturated heterocycles. The number of aryl methyl sites for hydroxylation is 1. The number of nitrogens with zero attached hydrogens (tertiary/aromatic N) is 2. The molecule has 148 valence electrons. The zero-order valence-corrected chi connectivity index (χ0v) is 16.6. The highest BCUT2D eigenvalue weighted by molar-refractivity contribution is 6.01. The first-order chi connectivity index (χ1) is 13.7. The van der Waals surface area contributed by atoms with Crippen LogP contribution in [-0.4, -0.2) is 40.8 Å². The zero-order chi connectivity index (χ0) is 19.5. The van der Waals surface area contributed by atoms with Gasteiger partial charge < -0.3 is 14.8 Å². The predicted octanol–water partition coefficient (Wildman–Crippen LogP) is 3.94. The SMILES string of the molecule is CCCCC1CN(c2cccc3c2CCCC3)C(=O)CN1C(=O)c1ccc[nH]1. The maximum Gasteiger partial charge on any atom is 0.271 e. The molecule has 1 aromatic heterocycles. The van der Waals surface area contributed by atoms with Gasteiger partial charge in [0.05, 0.1) is 6.04 Å². The molecule has 0 saturated carbocycles. The number of amides is 2. The number of rotatable bonds is 5. The van der Waals surface area contributed by atoms with Crippen LogP contribution in [0.15, 0.2) is 36.5 Å². The van der Waals surface area contributed by atoms with Gasteiger partial charge in [0, 0.05) is 18.4 Å². The number of aromatic nitrogens is 1. The van der Waals surface area contributed by atoms with Crippen molar-refractivity contribution in [3.8, 4) is 0 Å². The van der Waals surface area contributed by atoms with Gasteiger partial charge in [0.15, 0.2) is 0 Å². The molecule has 1 aliphatic heterocycles. The lowest BCUT2D eigenvalue weighted by molar-refractivity contribution is -0.121. The van der Waals surface area contributed by atoms with E-state index in [4.69, 9.17) is 0 Å². The summed E-state index contributed by atoms with van der Waals surface area (Å²) in [6.07, 6.45) is 9.35. The lowest BCUT2D eigenvalue weighted by atomic mass is 9.89. The van der Waals surface area contributed by atoms with Crippen LogP contribution < -0.4 is 4.90 Å². The lowest BCUT2D eigenvalue weighted by Crippen LogP contribution is -2.58. The third kappa shape index (κ3) is 3.58. The summed E-state index contributed by atoms with van der Waals surface area (Å²) in [5, 5.41) is 0. The second-order valence-corrected chi connectivity index (χ2v) is 7.94. The summed E-state index contributed by atoms with van der Waals surface area (Å²) in [6.45, 7) is 2.90. The van der Waals surface area contributed by atoms with Crippen molar-refractivity contribution >= 4 is 17.5 Å². The number of carbonyl (C=O) groups is 2. The quantitative estimate of drug-likeness (QED) is 0.855. The van der Waals surface area contributed by atoms with Crippen molar-refractivity contribution in [3.05, 3.63) is 53.3 Å². The maximum absolute atomic E-state index is 13.1. The molecule has 2 amide bonds. The number of fused-ring (bicyclic) bond motifs is 1. The Balaban J connectivity index is 1.62. The molecule has 2 aromatic rings. The second kappa shape index (κ2) is 8.21. The number of aromatic amines is 1. The van der Waals surface area contributed by atoms with Gasteiger partial charge in [-0.2, -0.15) is 0 Å². The fourth-order valence-corrected chi connectivity index (χ4v) is 4.56. The summed E-state index contributed by atoms with van der Waals surface area (Å²) >= 11 is 0. The van der Waals surface area contributed by atoms with Gasteiger partial charge >= 0.3 is 0 Å². The highest BCUT2D eigenvalue weighted by Gasteiger charge is 2.37. The Morgan fingerprint density at radius 2 is 2.04 bits per heavy atom. The number of anilines is 1. The van der Waals surface area contributed by atoms with Gasteiger partial charge in [-0.3, -0.25) is 9.59 Å². The van der Waals surface area contributed by atoms with Crippen LogP contribution in [0.2, 0.25) is 0 Å². The van der Waals surface area contributed by atoms with Crippen LogP contribution in [0, 0.1) is 0 Å².